The molecule has 0 aliphatic rings. The zero-order valence-electron chi connectivity index (χ0n) is 6.83. The minimum Gasteiger partial charge on any atom is -0.493 e. The van der Waals surface area contributed by atoms with Crippen LogP contribution in [-0.4, -0.2) is 27.3 Å². The Hall–Kier alpha value is -1.10. The van der Waals surface area contributed by atoms with E-state index in [1.807, 2.05) is 18.2 Å². The van der Waals surface area contributed by atoms with Crippen molar-refractivity contribution in [1.82, 2.24) is 15.4 Å². The summed E-state index contributed by atoms with van der Waals surface area (Å²) in [6.45, 7) is 0.656. The molecule has 0 aliphatic carbocycles. The first-order chi connectivity index (χ1) is 6.40. The Kier molecular flexibility index (Phi) is 2.44. The number of fused-ring (bicyclic) bond motifs is 1. The van der Waals surface area contributed by atoms with Crippen LogP contribution in [0.3, 0.4) is 0 Å². The number of aromatic nitrogens is 3. The first-order valence-corrected chi connectivity index (χ1v) is 5.01. The molecule has 2 rings (SSSR count). The van der Waals surface area contributed by atoms with Crippen LogP contribution >= 0.6 is 15.9 Å². The molecule has 0 bridgehead atoms. The first kappa shape index (κ1) is 8.50. The van der Waals surface area contributed by atoms with Gasteiger partial charge in [-0.05, 0) is 12.1 Å². The highest BCUT2D eigenvalue weighted by molar-refractivity contribution is 9.09. The minimum absolute atomic E-state index is 0.656. The van der Waals surface area contributed by atoms with E-state index in [-0.39, 0.29) is 0 Å². The van der Waals surface area contributed by atoms with E-state index in [2.05, 4.69) is 31.3 Å². The predicted octanol–water partition coefficient (Wildman–Crippen LogP) is 1.73. The van der Waals surface area contributed by atoms with Crippen molar-refractivity contribution in [3.05, 3.63) is 18.2 Å². The summed E-state index contributed by atoms with van der Waals surface area (Å²) in [6, 6.07) is 5.62. The molecule has 0 atom stereocenters. The Morgan fingerprint density at radius 3 is 3.00 bits per heavy atom. The molecule has 0 saturated carbocycles. The van der Waals surface area contributed by atoms with Gasteiger partial charge in [0, 0.05) is 11.4 Å². The Bertz CT molecular complexity index is 401. The highest BCUT2D eigenvalue weighted by Crippen LogP contribution is 2.16. The summed E-state index contributed by atoms with van der Waals surface area (Å²) in [5.74, 6) is 0.820. The molecule has 5 heteroatoms. The second-order valence-electron chi connectivity index (χ2n) is 2.51. The highest BCUT2D eigenvalue weighted by atomic mass is 79.9. The van der Waals surface area contributed by atoms with Crippen LogP contribution in [0.5, 0.6) is 5.75 Å². The van der Waals surface area contributed by atoms with Gasteiger partial charge in [-0.3, -0.25) is 0 Å². The number of nitrogens with zero attached hydrogens (tertiary/aromatic N) is 2. The lowest BCUT2D eigenvalue weighted by molar-refractivity contribution is 0.345. The third kappa shape index (κ3) is 1.80. The van der Waals surface area contributed by atoms with Crippen molar-refractivity contribution in [2.75, 3.05) is 11.9 Å². The van der Waals surface area contributed by atoms with E-state index in [4.69, 9.17) is 4.74 Å². The molecule has 0 saturated heterocycles. The van der Waals surface area contributed by atoms with Crippen molar-refractivity contribution in [3.63, 3.8) is 0 Å². The van der Waals surface area contributed by atoms with Crippen molar-refractivity contribution < 1.29 is 4.74 Å². The summed E-state index contributed by atoms with van der Waals surface area (Å²) in [5, 5.41) is 11.3. The van der Waals surface area contributed by atoms with E-state index in [0.29, 0.717) is 6.61 Å². The summed E-state index contributed by atoms with van der Waals surface area (Å²) < 4.78 is 5.40. The molecule has 13 heavy (non-hydrogen) atoms. The molecule has 1 aromatic carbocycles. The monoisotopic (exact) mass is 241 g/mol. The van der Waals surface area contributed by atoms with E-state index in [0.717, 1.165) is 22.1 Å². The van der Waals surface area contributed by atoms with Gasteiger partial charge < -0.3 is 4.74 Å². The maximum atomic E-state index is 5.40. The number of ether oxygens (including phenoxy) is 1. The number of halogens is 1. The summed E-state index contributed by atoms with van der Waals surface area (Å²) in [4.78, 5) is 0. The van der Waals surface area contributed by atoms with Crippen molar-refractivity contribution in [1.29, 1.82) is 0 Å². The van der Waals surface area contributed by atoms with Gasteiger partial charge in [0.25, 0.3) is 0 Å². The van der Waals surface area contributed by atoms with E-state index in [1.165, 1.54) is 0 Å². The molecule has 0 radical (unpaired) electrons. The molecule has 0 spiro atoms. The van der Waals surface area contributed by atoms with Gasteiger partial charge in [0.05, 0.1) is 6.61 Å². The van der Waals surface area contributed by atoms with Gasteiger partial charge in [-0.15, -0.1) is 0 Å². The van der Waals surface area contributed by atoms with Crippen LogP contribution in [0.4, 0.5) is 0 Å². The smallest absolute Gasteiger partial charge is 0.121 e. The van der Waals surface area contributed by atoms with Crippen LogP contribution in [-0.2, 0) is 0 Å². The quantitative estimate of drug-likeness (QED) is 0.834. The molecule has 0 unspecified atom stereocenters. The van der Waals surface area contributed by atoms with Crippen LogP contribution in [0, 0.1) is 0 Å². The standard InChI is InChI=1S/C8H8BrN3O/c9-3-4-13-6-1-2-7-8(5-6)11-12-10-7/h1-2,5H,3-4H2,(H,10,11,12). The van der Waals surface area contributed by atoms with Crippen molar-refractivity contribution in [3.8, 4) is 5.75 Å². The van der Waals surface area contributed by atoms with Crippen LogP contribution in [0.1, 0.15) is 0 Å². The fourth-order valence-corrected chi connectivity index (χ4v) is 1.23. The average Bonchev–Trinajstić information content (AvgIpc) is 2.61. The number of hydrogen-bond acceptors (Lipinski definition) is 3. The molecule has 1 N–H and O–H groups in total. The summed E-state index contributed by atoms with van der Waals surface area (Å²) in [6.07, 6.45) is 0. The number of aromatic amines is 1. The van der Waals surface area contributed by atoms with E-state index >= 15 is 0 Å². The van der Waals surface area contributed by atoms with E-state index in [9.17, 15) is 0 Å². The Morgan fingerprint density at radius 2 is 2.15 bits per heavy atom. The molecular weight excluding hydrogens is 234 g/mol. The minimum atomic E-state index is 0.656. The van der Waals surface area contributed by atoms with Crippen LogP contribution in [0.15, 0.2) is 18.2 Å². The molecule has 68 valence electrons. The number of rotatable bonds is 3. The Morgan fingerprint density at radius 1 is 1.31 bits per heavy atom. The van der Waals surface area contributed by atoms with Gasteiger partial charge >= 0.3 is 0 Å². The maximum absolute atomic E-state index is 5.40. The molecule has 0 amide bonds. The van der Waals surface area contributed by atoms with Gasteiger partial charge in [0.15, 0.2) is 0 Å². The molecule has 0 fully saturated rings. The number of benzene rings is 1. The largest absolute Gasteiger partial charge is 0.493 e. The maximum Gasteiger partial charge on any atom is 0.121 e. The molecule has 1 aromatic heterocycles. The lowest BCUT2D eigenvalue weighted by Gasteiger charge is -2.01. The normalized spacial score (nSPS) is 10.5. The topological polar surface area (TPSA) is 50.8 Å². The molecule has 2 aromatic rings. The molecule has 4 nitrogen and oxygen atoms in total. The second kappa shape index (κ2) is 3.74. The lowest BCUT2D eigenvalue weighted by atomic mass is 10.3. The number of hydrogen-bond donors (Lipinski definition) is 1. The lowest BCUT2D eigenvalue weighted by Crippen LogP contribution is -1.97. The molecule has 1 heterocycles. The van der Waals surface area contributed by atoms with Crippen molar-refractivity contribution in [2.24, 2.45) is 0 Å². The molecular formula is C8H8BrN3O. The van der Waals surface area contributed by atoms with Crippen LogP contribution in [0.25, 0.3) is 11.0 Å². The van der Waals surface area contributed by atoms with E-state index < -0.39 is 0 Å². The van der Waals surface area contributed by atoms with Gasteiger partial charge in [0.1, 0.15) is 16.8 Å². The van der Waals surface area contributed by atoms with Gasteiger partial charge in [-0.25, -0.2) is 0 Å². The summed E-state index contributed by atoms with van der Waals surface area (Å²) >= 11 is 3.29. The highest BCUT2D eigenvalue weighted by Gasteiger charge is 1.99. The third-order valence-corrected chi connectivity index (χ3v) is 1.96. The number of H-pyrrole nitrogens is 1. The summed E-state index contributed by atoms with van der Waals surface area (Å²) in [7, 11) is 0. The number of nitrogens with one attached hydrogen (secondary N) is 1. The Labute approximate surface area is 83.4 Å². The van der Waals surface area contributed by atoms with Gasteiger partial charge in [-0.2, -0.15) is 15.4 Å². The first-order valence-electron chi connectivity index (χ1n) is 3.89. The summed E-state index contributed by atoms with van der Waals surface area (Å²) in [5.41, 5.74) is 1.68. The zero-order valence-corrected chi connectivity index (χ0v) is 8.41. The predicted molar refractivity (Wildman–Crippen MR) is 53.2 cm³/mol. The van der Waals surface area contributed by atoms with Crippen LogP contribution < -0.4 is 4.74 Å². The Balaban J connectivity index is 2.26. The van der Waals surface area contributed by atoms with Crippen molar-refractivity contribution in [2.45, 2.75) is 0 Å². The van der Waals surface area contributed by atoms with Gasteiger partial charge in [-0.1, -0.05) is 15.9 Å². The molecule has 0 aliphatic heterocycles. The third-order valence-electron chi connectivity index (χ3n) is 1.63. The average molecular weight is 242 g/mol. The zero-order chi connectivity index (χ0) is 9.10. The fourth-order valence-electron chi connectivity index (χ4n) is 1.07. The van der Waals surface area contributed by atoms with Crippen molar-refractivity contribution >= 4 is 27.0 Å². The number of alkyl halides is 1. The van der Waals surface area contributed by atoms with Crippen LogP contribution in [0.2, 0.25) is 0 Å². The van der Waals surface area contributed by atoms with Gasteiger partial charge in [0.2, 0.25) is 0 Å². The SMILES string of the molecule is BrCCOc1ccc2n[nH]nc2c1. The fraction of sp³-hybridized carbons (Fsp3) is 0.250. The second-order valence-corrected chi connectivity index (χ2v) is 3.30. The van der Waals surface area contributed by atoms with E-state index in [1.54, 1.807) is 0 Å².